The summed E-state index contributed by atoms with van der Waals surface area (Å²) >= 11 is 6.34. The minimum absolute atomic E-state index is 0.0892. The lowest BCUT2D eigenvalue weighted by Crippen LogP contribution is -2.07. The van der Waals surface area contributed by atoms with E-state index in [0.717, 1.165) is 11.8 Å². The third-order valence-corrected chi connectivity index (χ3v) is 4.12. The first-order valence-corrected chi connectivity index (χ1v) is 7.54. The molecule has 1 atom stereocenters. The van der Waals surface area contributed by atoms with Crippen LogP contribution in [0.1, 0.15) is 24.2 Å². The molecule has 0 aliphatic heterocycles. The molecule has 3 aromatic rings. The van der Waals surface area contributed by atoms with Crippen molar-refractivity contribution in [2.45, 2.75) is 19.1 Å². The molecule has 0 radical (unpaired) electrons. The summed E-state index contributed by atoms with van der Waals surface area (Å²) in [6.45, 7) is 1.94. The average Bonchev–Trinajstić information content (AvgIpc) is 3.15. The molecule has 0 aliphatic carbocycles. The molecule has 1 unspecified atom stereocenters. The Bertz CT molecular complexity index is 853. The van der Waals surface area contributed by atoms with Crippen LogP contribution in [-0.4, -0.2) is 19.3 Å². The van der Waals surface area contributed by atoms with Crippen molar-refractivity contribution < 1.29 is 13.2 Å². The Morgan fingerprint density at radius 3 is 2.54 bits per heavy atom. The number of alkyl halides is 3. The van der Waals surface area contributed by atoms with E-state index in [4.69, 9.17) is 11.6 Å². The smallest absolute Gasteiger partial charge is 0.333 e. The van der Waals surface area contributed by atoms with Gasteiger partial charge in [-0.15, -0.1) is 0 Å². The molecule has 0 amide bonds. The molecule has 0 fully saturated rings. The predicted molar refractivity (Wildman–Crippen MR) is 84.7 cm³/mol. The van der Waals surface area contributed by atoms with Crippen LogP contribution in [0.5, 0.6) is 0 Å². The lowest BCUT2D eigenvalue weighted by molar-refractivity contribution is -0.140. The minimum Gasteiger partial charge on any atom is -0.333 e. The molecule has 0 aliphatic rings. The van der Waals surface area contributed by atoms with Crippen LogP contribution in [0, 0.1) is 0 Å². The standard InChI is InChI=1S/C16H14ClF3N4/c1-10(24-7-3-6-21-24)12-5-4-11(8-13(12)17)15-22-14(9-23(15)2)16(18,19)20/h3-10H,1-2H3. The molecule has 4 nitrogen and oxygen atoms in total. The number of benzene rings is 1. The normalized spacial score (nSPS) is 13.2. The molecule has 24 heavy (non-hydrogen) atoms. The van der Waals surface area contributed by atoms with E-state index in [1.54, 1.807) is 29.1 Å². The van der Waals surface area contributed by atoms with E-state index in [-0.39, 0.29) is 11.9 Å². The average molecular weight is 355 g/mol. The molecule has 0 saturated carbocycles. The first-order valence-electron chi connectivity index (χ1n) is 7.17. The summed E-state index contributed by atoms with van der Waals surface area (Å²) < 4.78 is 41.5. The first kappa shape index (κ1) is 16.6. The van der Waals surface area contributed by atoms with E-state index in [0.29, 0.717) is 10.6 Å². The number of halogens is 4. The van der Waals surface area contributed by atoms with Crippen molar-refractivity contribution in [3.05, 3.63) is 59.1 Å². The van der Waals surface area contributed by atoms with Crippen LogP contribution in [0.15, 0.2) is 42.9 Å². The highest BCUT2D eigenvalue weighted by atomic mass is 35.5. The van der Waals surface area contributed by atoms with Crippen LogP contribution in [0.2, 0.25) is 5.02 Å². The van der Waals surface area contributed by atoms with Crippen molar-refractivity contribution in [2.75, 3.05) is 0 Å². The van der Waals surface area contributed by atoms with Crippen LogP contribution in [0.25, 0.3) is 11.4 Å². The highest BCUT2D eigenvalue weighted by Crippen LogP contribution is 2.33. The third kappa shape index (κ3) is 3.03. The summed E-state index contributed by atoms with van der Waals surface area (Å²) in [7, 11) is 1.52. The van der Waals surface area contributed by atoms with Crippen molar-refractivity contribution in [3.8, 4) is 11.4 Å². The van der Waals surface area contributed by atoms with Gasteiger partial charge in [-0.05, 0) is 24.6 Å². The Morgan fingerprint density at radius 1 is 1.25 bits per heavy atom. The summed E-state index contributed by atoms with van der Waals surface area (Å²) in [6.07, 6.45) is -0.0214. The van der Waals surface area contributed by atoms with Gasteiger partial charge in [0.25, 0.3) is 0 Å². The molecule has 126 valence electrons. The lowest BCUT2D eigenvalue weighted by atomic mass is 10.1. The van der Waals surface area contributed by atoms with Crippen LogP contribution in [0.3, 0.4) is 0 Å². The molecule has 3 rings (SSSR count). The SMILES string of the molecule is CC(c1ccc(-c2nc(C(F)(F)F)cn2C)cc1Cl)n1cccn1. The molecular weight excluding hydrogens is 341 g/mol. The molecule has 2 aromatic heterocycles. The monoisotopic (exact) mass is 354 g/mol. The Balaban J connectivity index is 1.97. The minimum atomic E-state index is -4.48. The van der Waals surface area contributed by atoms with E-state index in [1.165, 1.54) is 11.6 Å². The van der Waals surface area contributed by atoms with Crippen molar-refractivity contribution in [3.63, 3.8) is 0 Å². The van der Waals surface area contributed by atoms with Gasteiger partial charge in [0.15, 0.2) is 5.69 Å². The zero-order valence-electron chi connectivity index (χ0n) is 12.9. The van der Waals surface area contributed by atoms with Gasteiger partial charge in [-0.2, -0.15) is 18.3 Å². The number of nitrogens with zero attached hydrogens (tertiary/aromatic N) is 4. The second kappa shape index (κ2) is 5.98. The second-order valence-electron chi connectivity index (χ2n) is 5.46. The Hall–Kier alpha value is -2.28. The van der Waals surface area contributed by atoms with Crippen LogP contribution in [-0.2, 0) is 13.2 Å². The molecule has 0 N–H and O–H groups in total. The molecule has 2 heterocycles. The fourth-order valence-electron chi connectivity index (χ4n) is 2.53. The molecule has 1 aromatic carbocycles. The number of hydrogen-bond acceptors (Lipinski definition) is 2. The fraction of sp³-hybridized carbons (Fsp3) is 0.250. The first-order chi connectivity index (χ1) is 11.3. The van der Waals surface area contributed by atoms with E-state index < -0.39 is 11.9 Å². The maximum atomic E-state index is 12.8. The topological polar surface area (TPSA) is 35.6 Å². The van der Waals surface area contributed by atoms with Gasteiger partial charge in [0.1, 0.15) is 5.82 Å². The summed E-state index contributed by atoms with van der Waals surface area (Å²) in [6, 6.07) is 6.84. The lowest BCUT2D eigenvalue weighted by Gasteiger charge is -2.15. The quantitative estimate of drug-likeness (QED) is 0.691. The molecule has 0 saturated heterocycles. The van der Waals surface area contributed by atoms with Gasteiger partial charge >= 0.3 is 6.18 Å². The highest BCUT2D eigenvalue weighted by Gasteiger charge is 2.34. The van der Waals surface area contributed by atoms with Crippen molar-refractivity contribution >= 4 is 11.6 Å². The van der Waals surface area contributed by atoms with E-state index in [9.17, 15) is 13.2 Å². The van der Waals surface area contributed by atoms with E-state index >= 15 is 0 Å². The molecular formula is C16H14ClF3N4. The maximum absolute atomic E-state index is 12.8. The summed E-state index contributed by atoms with van der Waals surface area (Å²) in [5.74, 6) is 0.211. The van der Waals surface area contributed by atoms with Gasteiger partial charge in [0.2, 0.25) is 0 Å². The zero-order chi connectivity index (χ0) is 17.5. The Kier molecular flexibility index (Phi) is 4.13. The number of aromatic nitrogens is 4. The highest BCUT2D eigenvalue weighted by molar-refractivity contribution is 6.31. The summed E-state index contributed by atoms with van der Waals surface area (Å²) in [4.78, 5) is 3.68. The van der Waals surface area contributed by atoms with Crippen LogP contribution >= 0.6 is 11.6 Å². The molecule has 0 bridgehead atoms. The van der Waals surface area contributed by atoms with Crippen LogP contribution in [0.4, 0.5) is 13.2 Å². The third-order valence-electron chi connectivity index (χ3n) is 3.80. The van der Waals surface area contributed by atoms with Crippen molar-refractivity contribution in [1.29, 1.82) is 0 Å². The maximum Gasteiger partial charge on any atom is 0.434 e. The van der Waals surface area contributed by atoms with Gasteiger partial charge < -0.3 is 4.57 Å². The van der Waals surface area contributed by atoms with E-state index in [2.05, 4.69) is 10.1 Å². The predicted octanol–water partition coefficient (Wildman–Crippen LogP) is 4.57. The van der Waals surface area contributed by atoms with Gasteiger partial charge in [-0.25, -0.2) is 4.98 Å². The van der Waals surface area contributed by atoms with Crippen molar-refractivity contribution in [2.24, 2.45) is 7.05 Å². The van der Waals surface area contributed by atoms with Gasteiger partial charge in [-0.3, -0.25) is 4.68 Å². The van der Waals surface area contributed by atoms with Gasteiger partial charge in [-0.1, -0.05) is 23.7 Å². The number of rotatable bonds is 3. The number of hydrogen-bond donors (Lipinski definition) is 0. The number of aryl methyl sites for hydroxylation is 1. The van der Waals surface area contributed by atoms with Gasteiger partial charge in [0, 0.05) is 36.2 Å². The molecule has 0 spiro atoms. The van der Waals surface area contributed by atoms with Crippen LogP contribution < -0.4 is 0 Å². The van der Waals surface area contributed by atoms with Crippen molar-refractivity contribution in [1.82, 2.24) is 19.3 Å². The zero-order valence-corrected chi connectivity index (χ0v) is 13.7. The van der Waals surface area contributed by atoms with Gasteiger partial charge in [0.05, 0.1) is 6.04 Å². The van der Waals surface area contributed by atoms with E-state index in [1.807, 2.05) is 19.2 Å². The summed E-state index contributed by atoms with van der Waals surface area (Å²) in [5, 5.41) is 4.63. The summed E-state index contributed by atoms with van der Waals surface area (Å²) in [5.41, 5.74) is 0.425. The number of imidazole rings is 1. The second-order valence-corrected chi connectivity index (χ2v) is 5.86. The largest absolute Gasteiger partial charge is 0.434 e. The fourth-order valence-corrected chi connectivity index (χ4v) is 2.87. The Morgan fingerprint density at radius 2 is 2.00 bits per heavy atom. The molecule has 8 heteroatoms. The Labute approximate surface area is 141 Å².